The molecule has 1 heterocycles. The van der Waals surface area contributed by atoms with E-state index in [4.69, 9.17) is 17.3 Å². The number of nitrogens with one attached hydrogen (secondary N) is 1. The van der Waals surface area contributed by atoms with Crippen molar-refractivity contribution in [3.05, 3.63) is 76.8 Å². The van der Waals surface area contributed by atoms with E-state index in [2.05, 4.69) is 15.4 Å². The van der Waals surface area contributed by atoms with Crippen LogP contribution in [-0.2, 0) is 12.1 Å². The number of nitrogens with two attached hydrogens (primary N) is 1. The molecule has 2 atom stereocenters. The van der Waals surface area contributed by atoms with Gasteiger partial charge in [0.15, 0.2) is 0 Å². The number of aromatic nitrogens is 3. The molecule has 1 aromatic heterocycles. The Labute approximate surface area is 170 Å². The molecule has 1 amide bonds. The summed E-state index contributed by atoms with van der Waals surface area (Å²) < 4.78 is 29.2. The van der Waals surface area contributed by atoms with Gasteiger partial charge in [-0.1, -0.05) is 23.7 Å². The predicted molar refractivity (Wildman–Crippen MR) is 103 cm³/mol. The summed E-state index contributed by atoms with van der Waals surface area (Å²) in [6.45, 7) is 1.24. The fourth-order valence-electron chi connectivity index (χ4n) is 2.99. The van der Waals surface area contributed by atoms with Crippen molar-refractivity contribution in [2.45, 2.75) is 25.1 Å². The number of nitrogen functional groups attached to an aromatic ring is 1. The van der Waals surface area contributed by atoms with Gasteiger partial charge in [0, 0.05) is 11.6 Å². The van der Waals surface area contributed by atoms with E-state index in [1.165, 1.54) is 36.4 Å². The fourth-order valence-corrected chi connectivity index (χ4v) is 3.16. The Bertz CT molecular complexity index is 1030. The molecule has 3 aromatic rings. The highest BCUT2D eigenvalue weighted by atomic mass is 35.5. The number of aliphatic hydroxyl groups is 1. The second-order valence-corrected chi connectivity index (χ2v) is 6.94. The van der Waals surface area contributed by atoms with Gasteiger partial charge in [0.1, 0.15) is 29.9 Å². The number of carbonyl (C=O) groups excluding carboxylic acids is 1. The van der Waals surface area contributed by atoms with Crippen LogP contribution in [0, 0.1) is 11.6 Å². The Kier molecular flexibility index (Phi) is 5.81. The molecule has 0 aliphatic heterocycles. The van der Waals surface area contributed by atoms with Crippen LogP contribution in [0.3, 0.4) is 0 Å². The van der Waals surface area contributed by atoms with Crippen LogP contribution in [0.2, 0.25) is 5.02 Å². The van der Waals surface area contributed by atoms with E-state index in [1.807, 2.05) is 0 Å². The predicted octanol–water partition coefficient (Wildman–Crippen LogP) is 2.50. The van der Waals surface area contributed by atoms with Crippen molar-refractivity contribution in [2.75, 3.05) is 5.73 Å². The van der Waals surface area contributed by atoms with Crippen molar-refractivity contribution >= 4 is 23.2 Å². The summed E-state index contributed by atoms with van der Waals surface area (Å²) in [4.78, 5) is 16.5. The van der Waals surface area contributed by atoms with E-state index in [1.54, 1.807) is 6.07 Å². The minimum Gasteiger partial charge on any atom is -0.397 e. The van der Waals surface area contributed by atoms with E-state index < -0.39 is 29.2 Å². The number of amides is 1. The van der Waals surface area contributed by atoms with Crippen LogP contribution in [0.1, 0.15) is 22.8 Å². The van der Waals surface area contributed by atoms with Crippen LogP contribution >= 0.6 is 11.6 Å². The molecule has 152 valence electrons. The summed E-state index contributed by atoms with van der Waals surface area (Å²) in [6, 6.07) is 6.33. The van der Waals surface area contributed by atoms with E-state index in [9.17, 15) is 18.7 Å². The molecular formula is C19H18ClF2N5O2. The average Bonchev–Trinajstić information content (AvgIpc) is 3.16. The van der Waals surface area contributed by atoms with Crippen LogP contribution in [0.4, 0.5) is 14.5 Å². The zero-order valence-electron chi connectivity index (χ0n) is 15.3. The van der Waals surface area contributed by atoms with Gasteiger partial charge in [0.2, 0.25) is 0 Å². The topological polar surface area (TPSA) is 106 Å². The van der Waals surface area contributed by atoms with Crippen molar-refractivity contribution < 1.29 is 18.7 Å². The van der Waals surface area contributed by atoms with Crippen LogP contribution in [0.25, 0.3) is 0 Å². The Morgan fingerprint density at radius 2 is 2.14 bits per heavy atom. The first-order chi connectivity index (χ1) is 13.7. The second kappa shape index (κ2) is 8.14. The number of nitrogens with zero attached hydrogens (tertiary/aromatic N) is 3. The highest BCUT2D eigenvalue weighted by molar-refractivity contribution is 6.33. The molecule has 10 heteroatoms. The first-order valence-corrected chi connectivity index (χ1v) is 8.95. The molecule has 0 saturated heterocycles. The number of anilines is 1. The molecule has 0 aliphatic rings. The third kappa shape index (κ3) is 4.20. The Morgan fingerprint density at radius 3 is 2.79 bits per heavy atom. The fraction of sp³-hybridized carbons (Fsp3) is 0.211. The lowest BCUT2D eigenvalue weighted by molar-refractivity contribution is -0.0186. The van der Waals surface area contributed by atoms with Crippen LogP contribution in [-0.4, -0.2) is 31.8 Å². The molecule has 0 bridgehead atoms. The third-order valence-electron chi connectivity index (χ3n) is 4.63. The van der Waals surface area contributed by atoms with Gasteiger partial charge >= 0.3 is 0 Å². The monoisotopic (exact) mass is 421 g/mol. The normalized spacial score (nSPS) is 14.2. The lowest BCUT2D eigenvalue weighted by Crippen LogP contribution is -2.52. The zero-order chi connectivity index (χ0) is 21.2. The van der Waals surface area contributed by atoms with Crippen molar-refractivity contribution in [2.24, 2.45) is 0 Å². The lowest BCUT2D eigenvalue weighted by atomic mass is 9.86. The maximum absolute atomic E-state index is 14.5. The molecular weight excluding hydrogens is 404 g/mol. The lowest BCUT2D eigenvalue weighted by Gasteiger charge is -2.35. The second-order valence-electron chi connectivity index (χ2n) is 6.54. The number of rotatable bonds is 6. The zero-order valence-corrected chi connectivity index (χ0v) is 16.1. The van der Waals surface area contributed by atoms with Gasteiger partial charge in [-0.15, -0.1) is 0 Å². The highest BCUT2D eigenvalue weighted by Gasteiger charge is 2.40. The van der Waals surface area contributed by atoms with Crippen LogP contribution in [0.15, 0.2) is 49.1 Å². The molecule has 0 unspecified atom stereocenters. The van der Waals surface area contributed by atoms with E-state index in [-0.39, 0.29) is 28.4 Å². The van der Waals surface area contributed by atoms with Crippen molar-refractivity contribution in [3.8, 4) is 0 Å². The third-order valence-corrected chi connectivity index (χ3v) is 4.96. The van der Waals surface area contributed by atoms with E-state index in [0.717, 1.165) is 12.1 Å². The maximum Gasteiger partial charge on any atom is 0.253 e. The quantitative estimate of drug-likeness (QED) is 0.530. The summed E-state index contributed by atoms with van der Waals surface area (Å²) in [5.74, 6) is -2.37. The van der Waals surface area contributed by atoms with Crippen molar-refractivity contribution in [3.63, 3.8) is 0 Å². The van der Waals surface area contributed by atoms with Crippen molar-refractivity contribution in [1.82, 2.24) is 20.1 Å². The standard InChI is InChI=1S/C19H18ClF2N5O2/c1-11(26-18(28)13-3-2-4-15(20)17(13)23)19(29,8-27-10-24-9-25-27)14-6-5-12(21)7-16(14)22/h2-7,9-11,29H,8,23H2,1H3,(H,26,28)/t11-,19-/m1/s1. The average molecular weight is 422 g/mol. The van der Waals surface area contributed by atoms with Gasteiger partial charge in [-0.2, -0.15) is 5.10 Å². The number of hydrogen-bond acceptors (Lipinski definition) is 5. The molecule has 4 N–H and O–H groups in total. The molecule has 3 rings (SSSR count). The van der Waals surface area contributed by atoms with Gasteiger partial charge in [-0.25, -0.2) is 18.4 Å². The number of para-hydroxylation sites is 1. The number of carbonyl (C=O) groups is 1. The summed E-state index contributed by atoms with van der Waals surface area (Å²) in [5.41, 5.74) is 3.84. The SMILES string of the molecule is C[C@@H](NC(=O)c1cccc(Cl)c1N)[C@](O)(Cn1cncn1)c1ccc(F)cc1F. The summed E-state index contributed by atoms with van der Waals surface area (Å²) >= 11 is 5.95. The van der Waals surface area contributed by atoms with Gasteiger partial charge < -0.3 is 16.2 Å². The molecule has 29 heavy (non-hydrogen) atoms. The first-order valence-electron chi connectivity index (χ1n) is 8.57. The van der Waals surface area contributed by atoms with E-state index in [0.29, 0.717) is 6.07 Å². The molecule has 0 radical (unpaired) electrons. The molecule has 0 fully saturated rings. The number of halogens is 3. The maximum atomic E-state index is 14.5. The summed E-state index contributed by atoms with van der Waals surface area (Å²) in [7, 11) is 0. The minimum atomic E-state index is -1.98. The molecule has 0 spiro atoms. The number of benzene rings is 2. The first kappa shape index (κ1) is 20.7. The van der Waals surface area contributed by atoms with Gasteiger partial charge in [-0.05, 0) is 25.1 Å². The summed E-state index contributed by atoms with van der Waals surface area (Å²) in [5, 5.41) is 18.1. The minimum absolute atomic E-state index is 0.0756. The Balaban J connectivity index is 1.97. The van der Waals surface area contributed by atoms with E-state index >= 15 is 0 Å². The molecule has 7 nitrogen and oxygen atoms in total. The van der Waals surface area contributed by atoms with Gasteiger partial charge in [-0.3, -0.25) is 4.79 Å². The van der Waals surface area contributed by atoms with Gasteiger partial charge in [0.05, 0.1) is 28.9 Å². The van der Waals surface area contributed by atoms with Crippen molar-refractivity contribution in [1.29, 1.82) is 0 Å². The molecule has 0 saturated carbocycles. The van der Waals surface area contributed by atoms with Crippen LogP contribution in [0.5, 0.6) is 0 Å². The summed E-state index contributed by atoms with van der Waals surface area (Å²) in [6.07, 6.45) is 2.58. The Morgan fingerprint density at radius 1 is 1.38 bits per heavy atom. The Hall–Kier alpha value is -3.04. The smallest absolute Gasteiger partial charge is 0.253 e. The van der Waals surface area contributed by atoms with Gasteiger partial charge in [0.25, 0.3) is 5.91 Å². The number of hydrogen-bond donors (Lipinski definition) is 3. The molecule has 2 aromatic carbocycles. The van der Waals surface area contributed by atoms with Crippen LogP contribution < -0.4 is 11.1 Å². The molecule has 0 aliphatic carbocycles. The largest absolute Gasteiger partial charge is 0.397 e. The highest BCUT2D eigenvalue weighted by Crippen LogP contribution is 2.31.